The molecular weight excluding hydrogens is 250 g/mol. The molecule has 2 aromatic heterocycles. The average Bonchev–Trinajstić information content (AvgIpc) is 2.80. The summed E-state index contributed by atoms with van der Waals surface area (Å²) in [5, 5.41) is 20.8. The number of nitrogens with one attached hydrogen (secondary N) is 1. The molecular formula is C12H13N3O4. The van der Waals surface area contributed by atoms with Crippen molar-refractivity contribution in [1.82, 2.24) is 14.7 Å². The van der Waals surface area contributed by atoms with E-state index in [4.69, 9.17) is 5.11 Å². The van der Waals surface area contributed by atoms with Crippen LogP contribution >= 0.6 is 0 Å². The predicted molar refractivity (Wildman–Crippen MR) is 66.0 cm³/mol. The lowest BCUT2D eigenvalue weighted by Gasteiger charge is -2.10. The lowest BCUT2D eigenvalue weighted by molar-refractivity contribution is -0.139. The van der Waals surface area contributed by atoms with E-state index < -0.39 is 17.9 Å². The van der Waals surface area contributed by atoms with Gasteiger partial charge in [-0.3, -0.25) is 4.79 Å². The fraction of sp³-hybridized carbons (Fsp3) is 0.250. The van der Waals surface area contributed by atoms with Crippen molar-refractivity contribution >= 4 is 17.5 Å². The lowest BCUT2D eigenvalue weighted by Crippen LogP contribution is -2.40. The molecule has 1 unspecified atom stereocenters. The van der Waals surface area contributed by atoms with Gasteiger partial charge in [0.25, 0.3) is 5.91 Å². The molecule has 0 bridgehead atoms. The number of carboxylic acid groups (broad SMARTS) is 1. The molecule has 0 saturated heterocycles. The van der Waals surface area contributed by atoms with E-state index in [2.05, 4.69) is 10.3 Å². The van der Waals surface area contributed by atoms with Gasteiger partial charge >= 0.3 is 5.97 Å². The molecule has 0 aliphatic rings. The fourth-order valence-electron chi connectivity index (χ4n) is 1.68. The SMILES string of the molecule is CCC(NC(=O)c1cn2cccc(O)c2n1)C(=O)O. The summed E-state index contributed by atoms with van der Waals surface area (Å²) in [5.74, 6) is -1.73. The molecule has 7 heteroatoms. The first-order valence-corrected chi connectivity index (χ1v) is 5.73. The Morgan fingerprint density at radius 2 is 2.26 bits per heavy atom. The van der Waals surface area contributed by atoms with Gasteiger partial charge in [-0.2, -0.15) is 0 Å². The lowest BCUT2D eigenvalue weighted by atomic mass is 10.2. The van der Waals surface area contributed by atoms with Crippen molar-refractivity contribution in [1.29, 1.82) is 0 Å². The molecule has 0 radical (unpaired) electrons. The first kappa shape index (κ1) is 12.9. The van der Waals surface area contributed by atoms with E-state index in [-0.39, 0.29) is 23.5 Å². The second-order valence-electron chi connectivity index (χ2n) is 4.02. The highest BCUT2D eigenvalue weighted by molar-refractivity contribution is 5.95. The van der Waals surface area contributed by atoms with Gasteiger partial charge in [0.1, 0.15) is 11.7 Å². The maximum atomic E-state index is 11.9. The third-order valence-corrected chi connectivity index (χ3v) is 2.71. The molecule has 7 nitrogen and oxygen atoms in total. The first-order valence-electron chi connectivity index (χ1n) is 5.73. The van der Waals surface area contributed by atoms with Gasteiger partial charge in [0.15, 0.2) is 11.4 Å². The van der Waals surface area contributed by atoms with E-state index in [1.54, 1.807) is 19.2 Å². The number of aromatic hydroxyl groups is 1. The Kier molecular flexibility index (Phi) is 3.37. The van der Waals surface area contributed by atoms with Crippen LogP contribution in [-0.4, -0.2) is 37.5 Å². The van der Waals surface area contributed by atoms with E-state index in [1.807, 2.05) is 0 Å². The van der Waals surface area contributed by atoms with Gasteiger partial charge in [-0.15, -0.1) is 0 Å². The number of fused-ring (bicyclic) bond motifs is 1. The Hall–Kier alpha value is -2.57. The minimum Gasteiger partial charge on any atom is -0.504 e. The number of aromatic nitrogens is 2. The van der Waals surface area contributed by atoms with Crippen molar-refractivity contribution in [3.8, 4) is 5.75 Å². The van der Waals surface area contributed by atoms with E-state index in [1.165, 1.54) is 16.7 Å². The summed E-state index contributed by atoms with van der Waals surface area (Å²) in [4.78, 5) is 26.7. The number of hydrogen-bond acceptors (Lipinski definition) is 4. The molecule has 1 atom stereocenters. The van der Waals surface area contributed by atoms with Crippen LogP contribution in [0.4, 0.5) is 0 Å². The summed E-state index contributed by atoms with van der Waals surface area (Å²) in [7, 11) is 0. The standard InChI is InChI=1S/C12H13N3O4/c1-2-7(12(18)19)14-11(17)8-6-15-5-3-4-9(16)10(15)13-8/h3-7,16H,2H2,1H3,(H,14,17)(H,18,19). The smallest absolute Gasteiger partial charge is 0.326 e. The molecule has 2 aromatic rings. The van der Waals surface area contributed by atoms with E-state index in [0.717, 1.165) is 0 Å². The average molecular weight is 263 g/mol. The number of rotatable bonds is 4. The normalized spacial score (nSPS) is 12.3. The highest BCUT2D eigenvalue weighted by atomic mass is 16.4. The summed E-state index contributed by atoms with van der Waals surface area (Å²) >= 11 is 0. The Morgan fingerprint density at radius 3 is 2.84 bits per heavy atom. The number of nitrogens with zero attached hydrogens (tertiary/aromatic N) is 2. The summed E-state index contributed by atoms with van der Waals surface area (Å²) in [5.41, 5.74) is 0.303. The predicted octanol–water partition coefficient (Wildman–Crippen LogP) is 0.633. The van der Waals surface area contributed by atoms with Crippen molar-refractivity contribution in [3.05, 3.63) is 30.2 Å². The molecule has 100 valence electrons. The van der Waals surface area contributed by atoms with Crippen molar-refractivity contribution in [2.45, 2.75) is 19.4 Å². The van der Waals surface area contributed by atoms with Gasteiger partial charge in [0.05, 0.1) is 0 Å². The second kappa shape index (κ2) is 4.97. The third kappa shape index (κ3) is 2.49. The minimum atomic E-state index is -1.09. The summed E-state index contributed by atoms with van der Waals surface area (Å²) < 4.78 is 1.49. The zero-order valence-electron chi connectivity index (χ0n) is 10.2. The molecule has 1 amide bonds. The van der Waals surface area contributed by atoms with E-state index in [9.17, 15) is 14.7 Å². The molecule has 0 aliphatic heterocycles. The van der Waals surface area contributed by atoms with Crippen LogP contribution in [0.3, 0.4) is 0 Å². The second-order valence-corrected chi connectivity index (χ2v) is 4.02. The summed E-state index contributed by atoms with van der Waals surface area (Å²) in [6, 6.07) is 2.11. The van der Waals surface area contributed by atoms with Gasteiger partial charge < -0.3 is 19.9 Å². The van der Waals surface area contributed by atoms with Crippen LogP contribution < -0.4 is 5.32 Å². The maximum absolute atomic E-state index is 11.9. The molecule has 2 heterocycles. The number of pyridine rings is 1. The highest BCUT2D eigenvalue weighted by Gasteiger charge is 2.20. The van der Waals surface area contributed by atoms with Gasteiger partial charge in [0.2, 0.25) is 0 Å². The number of carbonyl (C=O) groups excluding carboxylic acids is 1. The molecule has 3 N–H and O–H groups in total. The van der Waals surface area contributed by atoms with Gasteiger partial charge in [-0.1, -0.05) is 6.92 Å². The molecule has 19 heavy (non-hydrogen) atoms. The Labute approximate surface area is 108 Å². The monoisotopic (exact) mass is 263 g/mol. The van der Waals surface area contributed by atoms with Crippen molar-refractivity contribution in [2.75, 3.05) is 0 Å². The zero-order valence-corrected chi connectivity index (χ0v) is 10.2. The molecule has 0 aromatic carbocycles. The quantitative estimate of drug-likeness (QED) is 0.750. The van der Waals surface area contributed by atoms with Crippen LogP contribution in [0.5, 0.6) is 5.75 Å². The van der Waals surface area contributed by atoms with Crippen LogP contribution in [0.2, 0.25) is 0 Å². The van der Waals surface area contributed by atoms with Crippen molar-refractivity contribution in [2.24, 2.45) is 0 Å². The number of aliphatic carboxylic acids is 1. The third-order valence-electron chi connectivity index (χ3n) is 2.71. The topological polar surface area (TPSA) is 104 Å². The van der Waals surface area contributed by atoms with Crippen LogP contribution in [-0.2, 0) is 4.79 Å². The number of hydrogen-bond donors (Lipinski definition) is 3. The number of imidazole rings is 1. The highest BCUT2D eigenvalue weighted by Crippen LogP contribution is 2.16. The Balaban J connectivity index is 2.27. The van der Waals surface area contributed by atoms with Gasteiger partial charge in [-0.05, 0) is 18.6 Å². The van der Waals surface area contributed by atoms with Gasteiger partial charge in [0, 0.05) is 12.4 Å². The van der Waals surface area contributed by atoms with Gasteiger partial charge in [-0.25, -0.2) is 9.78 Å². The van der Waals surface area contributed by atoms with Crippen LogP contribution in [0.15, 0.2) is 24.5 Å². The Morgan fingerprint density at radius 1 is 1.53 bits per heavy atom. The maximum Gasteiger partial charge on any atom is 0.326 e. The molecule has 2 rings (SSSR count). The van der Waals surface area contributed by atoms with E-state index in [0.29, 0.717) is 0 Å². The summed E-state index contributed by atoms with van der Waals surface area (Å²) in [6.45, 7) is 1.66. The van der Waals surface area contributed by atoms with Crippen molar-refractivity contribution < 1.29 is 19.8 Å². The largest absolute Gasteiger partial charge is 0.504 e. The fourth-order valence-corrected chi connectivity index (χ4v) is 1.68. The number of carbonyl (C=O) groups is 2. The molecule has 0 saturated carbocycles. The summed E-state index contributed by atoms with van der Waals surface area (Å²) in [6.07, 6.45) is 3.34. The molecule has 0 fully saturated rings. The van der Waals surface area contributed by atoms with Crippen LogP contribution in [0, 0.1) is 0 Å². The zero-order chi connectivity index (χ0) is 14.0. The molecule has 0 spiro atoms. The number of amides is 1. The first-order chi connectivity index (χ1) is 9.02. The number of carboxylic acids is 1. The van der Waals surface area contributed by atoms with Crippen molar-refractivity contribution in [3.63, 3.8) is 0 Å². The Bertz CT molecular complexity index is 635. The van der Waals surface area contributed by atoms with E-state index >= 15 is 0 Å². The van der Waals surface area contributed by atoms with Crippen LogP contribution in [0.1, 0.15) is 23.8 Å². The molecule has 0 aliphatic carbocycles. The van der Waals surface area contributed by atoms with Crippen LogP contribution in [0.25, 0.3) is 5.65 Å². The minimum absolute atomic E-state index is 0.0492.